The van der Waals surface area contributed by atoms with E-state index in [9.17, 15) is 4.79 Å². The number of carbonyl (C=O) groups excluding carboxylic acids is 1. The third-order valence-corrected chi connectivity index (χ3v) is 6.00. The van der Waals surface area contributed by atoms with Gasteiger partial charge in [-0.15, -0.1) is 0 Å². The van der Waals surface area contributed by atoms with Crippen molar-refractivity contribution < 1.29 is 9.90 Å². The molecule has 2 heteroatoms. The second kappa shape index (κ2) is 18.7. The molecular formula is C36H46O2. The van der Waals surface area contributed by atoms with Crippen LogP contribution in [-0.4, -0.2) is 18.0 Å². The lowest BCUT2D eigenvalue weighted by Gasteiger charge is -2.18. The lowest BCUT2D eigenvalue weighted by molar-refractivity contribution is -0.114. The molecule has 2 nitrogen and oxygen atoms in total. The van der Waals surface area contributed by atoms with Crippen LogP contribution in [-0.2, 0) is 30.5 Å². The Morgan fingerprint density at radius 1 is 0.421 bits per heavy atom. The molecule has 0 heterocycles. The van der Waals surface area contributed by atoms with E-state index in [0.717, 1.165) is 32.8 Å². The monoisotopic (exact) mass is 510 g/mol. The molecule has 6 rings (SSSR count). The first-order valence-corrected chi connectivity index (χ1v) is 13.8. The summed E-state index contributed by atoms with van der Waals surface area (Å²) in [7, 11) is 1.00. The van der Waals surface area contributed by atoms with E-state index in [-0.39, 0.29) is 5.78 Å². The maximum Gasteiger partial charge on any atom is 0.126 e. The highest BCUT2D eigenvalue weighted by molar-refractivity contribution is 5.72. The minimum atomic E-state index is 0.167. The molecule has 0 unspecified atom stereocenters. The first kappa shape index (κ1) is 32.5. The van der Waals surface area contributed by atoms with Gasteiger partial charge in [0.15, 0.2) is 0 Å². The fourth-order valence-electron chi connectivity index (χ4n) is 4.43. The minimum Gasteiger partial charge on any atom is -0.400 e. The Balaban J connectivity index is 0.000000286. The summed E-state index contributed by atoms with van der Waals surface area (Å²) in [5, 5.41) is 7.00. The third kappa shape index (κ3) is 10.1. The largest absolute Gasteiger partial charge is 0.400 e. The van der Waals surface area contributed by atoms with E-state index in [2.05, 4.69) is 97.1 Å². The SMILES string of the molecule is CC.CC.CC(C)=O.CO.c1ccc2c(c1)Cc1ccccc1C2.c1ccc2c(c1)Cc1ccccc1C2. The number of benzene rings is 4. The van der Waals surface area contributed by atoms with Crippen molar-refractivity contribution in [3.63, 3.8) is 0 Å². The van der Waals surface area contributed by atoms with Crippen LogP contribution in [0.5, 0.6) is 0 Å². The van der Waals surface area contributed by atoms with Gasteiger partial charge in [0, 0.05) is 7.11 Å². The molecule has 0 atom stereocenters. The molecule has 0 fully saturated rings. The van der Waals surface area contributed by atoms with Crippen LogP contribution in [0.1, 0.15) is 86.1 Å². The Hall–Kier alpha value is -3.49. The highest BCUT2D eigenvalue weighted by Gasteiger charge is 2.14. The predicted octanol–water partition coefficient (Wildman–Crippen LogP) is 8.62. The normalized spacial score (nSPS) is 10.8. The molecule has 1 N–H and O–H groups in total. The van der Waals surface area contributed by atoms with E-state index in [1.54, 1.807) is 0 Å². The zero-order valence-electron chi connectivity index (χ0n) is 24.4. The average molecular weight is 511 g/mol. The Bertz CT molecular complexity index is 953. The lowest BCUT2D eigenvalue weighted by Crippen LogP contribution is -2.06. The highest BCUT2D eigenvalue weighted by atomic mass is 16.2. The first-order valence-electron chi connectivity index (χ1n) is 13.8. The van der Waals surface area contributed by atoms with Crippen molar-refractivity contribution in [2.24, 2.45) is 0 Å². The summed E-state index contributed by atoms with van der Waals surface area (Å²) in [6.45, 7) is 11.1. The van der Waals surface area contributed by atoms with E-state index < -0.39 is 0 Å². The van der Waals surface area contributed by atoms with Crippen LogP contribution in [0.15, 0.2) is 97.1 Å². The lowest BCUT2D eigenvalue weighted by atomic mass is 9.86. The van der Waals surface area contributed by atoms with Crippen LogP contribution >= 0.6 is 0 Å². The Morgan fingerprint density at radius 2 is 0.526 bits per heavy atom. The van der Waals surface area contributed by atoms with Gasteiger partial charge in [0.25, 0.3) is 0 Å². The smallest absolute Gasteiger partial charge is 0.126 e. The number of carbonyl (C=O) groups is 1. The van der Waals surface area contributed by atoms with E-state index in [1.807, 2.05) is 27.7 Å². The van der Waals surface area contributed by atoms with E-state index in [1.165, 1.54) is 58.4 Å². The molecular weight excluding hydrogens is 464 g/mol. The van der Waals surface area contributed by atoms with Crippen LogP contribution in [0.4, 0.5) is 0 Å². The average Bonchev–Trinajstić information content (AvgIpc) is 2.98. The van der Waals surface area contributed by atoms with Crippen molar-refractivity contribution in [2.45, 2.75) is 67.2 Å². The van der Waals surface area contributed by atoms with Crippen molar-refractivity contribution in [1.82, 2.24) is 0 Å². The third-order valence-electron chi connectivity index (χ3n) is 6.00. The van der Waals surface area contributed by atoms with Gasteiger partial charge in [-0.3, -0.25) is 0 Å². The number of hydrogen-bond acceptors (Lipinski definition) is 2. The van der Waals surface area contributed by atoms with Gasteiger partial charge in [-0.25, -0.2) is 0 Å². The van der Waals surface area contributed by atoms with Crippen molar-refractivity contribution in [3.05, 3.63) is 142 Å². The number of hydrogen-bond donors (Lipinski definition) is 1. The molecule has 0 amide bonds. The predicted molar refractivity (Wildman–Crippen MR) is 164 cm³/mol. The van der Waals surface area contributed by atoms with Gasteiger partial charge in [-0.05, 0) is 84.0 Å². The van der Waals surface area contributed by atoms with E-state index >= 15 is 0 Å². The van der Waals surface area contributed by atoms with Crippen molar-refractivity contribution >= 4 is 5.78 Å². The summed E-state index contributed by atoms with van der Waals surface area (Å²) in [6.07, 6.45) is 4.41. The summed E-state index contributed by atoms with van der Waals surface area (Å²) in [5.41, 5.74) is 11.9. The van der Waals surface area contributed by atoms with E-state index in [4.69, 9.17) is 5.11 Å². The molecule has 0 saturated carbocycles. The minimum absolute atomic E-state index is 0.167. The molecule has 38 heavy (non-hydrogen) atoms. The fourth-order valence-corrected chi connectivity index (χ4v) is 4.43. The zero-order valence-corrected chi connectivity index (χ0v) is 24.4. The Kier molecular flexibility index (Phi) is 16.0. The Labute approximate surface area is 231 Å². The number of fused-ring (bicyclic) bond motifs is 4. The van der Waals surface area contributed by atoms with Crippen LogP contribution in [0.3, 0.4) is 0 Å². The van der Waals surface area contributed by atoms with Crippen molar-refractivity contribution in [3.8, 4) is 0 Å². The second-order valence-corrected chi connectivity index (χ2v) is 8.69. The molecule has 0 radical (unpaired) electrons. The maximum absolute atomic E-state index is 9.44. The molecule has 4 aromatic rings. The topological polar surface area (TPSA) is 37.3 Å². The van der Waals surface area contributed by atoms with Crippen LogP contribution in [0.2, 0.25) is 0 Å². The van der Waals surface area contributed by atoms with Crippen LogP contribution < -0.4 is 0 Å². The van der Waals surface area contributed by atoms with Gasteiger partial charge in [0.05, 0.1) is 0 Å². The molecule has 0 spiro atoms. The fraction of sp³-hybridized carbons (Fsp3) is 0.306. The van der Waals surface area contributed by atoms with E-state index in [0.29, 0.717) is 0 Å². The van der Waals surface area contributed by atoms with Gasteiger partial charge < -0.3 is 9.90 Å². The zero-order chi connectivity index (χ0) is 28.3. The summed E-state index contributed by atoms with van der Waals surface area (Å²) < 4.78 is 0. The number of aliphatic hydroxyl groups is 1. The second-order valence-electron chi connectivity index (χ2n) is 8.69. The first-order chi connectivity index (χ1) is 18.6. The molecule has 0 aliphatic heterocycles. The van der Waals surface area contributed by atoms with Gasteiger partial charge in [0.2, 0.25) is 0 Å². The molecule has 0 saturated heterocycles. The van der Waals surface area contributed by atoms with Crippen molar-refractivity contribution in [1.29, 1.82) is 0 Å². The Morgan fingerprint density at radius 3 is 0.632 bits per heavy atom. The summed E-state index contributed by atoms with van der Waals surface area (Å²) >= 11 is 0. The molecule has 0 bridgehead atoms. The number of aliphatic hydroxyl groups excluding tert-OH is 1. The van der Waals surface area contributed by atoms with Gasteiger partial charge >= 0.3 is 0 Å². The molecule has 2 aliphatic carbocycles. The summed E-state index contributed by atoms with van der Waals surface area (Å²) in [6, 6.07) is 35.0. The molecule has 0 aromatic heterocycles. The quantitative estimate of drug-likeness (QED) is 0.222. The number of rotatable bonds is 0. The van der Waals surface area contributed by atoms with Gasteiger partial charge in [-0.1, -0.05) is 125 Å². The molecule has 4 aromatic carbocycles. The van der Waals surface area contributed by atoms with Crippen LogP contribution in [0, 0.1) is 0 Å². The highest BCUT2D eigenvalue weighted by Crippen LogP contribution is 2.27. The number of ketones is 1. The summed E-state index contributed by atoms with van der Waals surface area (Å²) in [4.78, 5) is 9.44. The van der Waals surface area contributed by atoms with Gasteiger partial charge in [0.1, 0.15) is 5.78 Å². The number of Topliss-reactive ketones (excluding diaryl/α,β-unsaturated/α-hetero) is 1. The summed E-state index contributed by atoms with van der Waals surface area (Å²) in [5.74, 6) is 0.167. The molecule has 2 aliphatic rings. The molecule has 202 valence electrons. The van der Waals surface area contributed by atoms with Gasteiger partial charge in [-0.2, -0.15) is 0 Å². The maximum atomic E-state index is 9.44. The standard InChI is InChI=1S/2C14H12.C3H6O.2C2H6.CH4O/c2*1-2-6-12-10-14-8-4-3-7-13(14)9-11(12)5-1;1-3(2)4;3*1-2/h2*1-8H,9-10H2;1-2H3;2*1-2H3;2H,1H3. The van der Waals surface area contributed by atoms with Crippen molar-refractivity contribution in [2.75, 3.05) is 7.11 Å². The van der Waals surface area contributed by atoms with Crippen LogP contribution in [0.25, 0.3) is 0 Å².